The van der Waals surface area contributed by atoms with E-state index in [4.69, 9.17) is 5.21 Å². The molecule has 7 heteroatoms. The Kier molecular flexibility index (Phi) is 8.32. The summed E-state index contributed by atoms with van der Waals surface area (Å²) in [6.45, 7) is 2.98. The van der Waals surface area contributed by atoms with Crippen molar-refractivity contribution in [3.8, 4) is 11.8 Å². The number of carbonyl (C=O) groups is 2. The first-order valence-corrected chi connectivity index (χ1v) is 8.13. The van der Waals surface area contributed by atoms with Crippen LogP contribution in [0.1, 0.15) is 41.4 Å². The van der Waals surface area contributed by atoms with Gasteiger partial charge >= 0.3 is 0 Å². The minimum Gasteiger partial charge on any atom is -0.391 e. The number of hydroxylamine groups is 1. The van der Waals surface area contributed by atoms with Crippen LogP contribution < -0.4 is 10.8 Å². The molecule has 4 N–H and O–H groups in total. The molecule has 0 fully saturated rings. The molecule has 0 saturated carbocycles. The first-order chi connectivity index (χ1) is 12.8. The molecule has 0 bridgehead atoms. The summed E-state index contributed by atoms with van der Waals surface area (Å²) in [6.07, 6.45) is -1.19. The fraction of sp³-hybridized carbons (Fsp3) is 0.238. The van der Waals surface area contributed by atoms with Gasteiger partial charge in [-0.25, -0.2) is 9.87 Å². The normalized spacial score (nSPS) is 11.9. The van der Waals surface area contributed by atoms with E-state index in [1.165, 1.54) is 30.6 Å². The number of hydrogen-bond donors (Lipinski definition) is 4. The summed E-state index contributed by atoms with van der Waals surface area (Å²) in [7, 11) is 0. The molecule has 2 aromatic rings. The summed E-state index contributed by atoms with van der Waals surface area (Å²) in [5.41, 5.74) is 3.34. The average molecular weight is 386 g/mol. The number of benzene rings is 2. The largest absolute Gasteiger partial charge is 0.391 e. The number of halogens is 1. The van der Waals surface area contributed by atoms with Gasteiger partial charge in [-0.3, -0.25) is 14.8 Å². The van der Waals surface area contributed by atoms with Gasteiger partial charge in [0.1, 0.15) is 11.9 Å². The molecule has 0 radical (unpaired) electrons. The van der Waals surface area contributed by atoms with Crippen molar-refractivity contribution in [2.24, 2.45) is 0 Å². The molecule has 148 valence electrons. The van der Waals surface area contributed by atoms with E-state index in [9.17, 15) is 19.1 Å². The fourth-order valence-corrected chi connectivity index (χ4v) is 2.22. The van der Waals surface area contributed by atoms with E-state index >= 15 is 0 Å². The van der Waals surface area contributed by atoms with E-state index in [0.29, 0.717) is 16.7 Å². The van der Waals surface area contributed by atoms with Crippen LogP contribution in [0.5, 0.6) is 0 Å². The van der Waals surface area contributed by atoms with Crippen LogP contribution in [0.15, 0.2) is 42.5 Å². The second-order valence-corrected chi connectivity index (χ2v) is 5.96. The van der Waals surface area contributed by atoms with Crippen LogP contribution >= 0.6 is 0 Å². The van der Waals surface area contributed by atoms with Crippen molar-refractivity contribution < 1.29 is 24.3 Å². The molecule has 6 nitrogen and oxygen atoms in total. The van der Waals surface area contributed by atoms with Gasteiger partial charge in [-0.2, -0.15) is 0 Å². The first kappa shape index (κ1) is 22.8. The highest BCUT2D eigenvalue weighted by atomic mass is 19.1. The lowest BCUT2D eigenvalue weighted by atomic mass is 10.1. The number of nitrogens with one attached hydrogen (secondary N) is 2. The lowest BCUT2D eigenvalue weighted by molar-refractivity contribution is -0.133. The highest BCUT2D eigenvalue weighted by Crippen LogP contribution is 2.09. The van der Waals surface area contributed by atoms with Crippen molar-refractivity contribution >= 4 is 11.8 Å². The zero-order chi connectivity index (χ0) is 20.0. The van der Waals surface area contributed by atoms with Gasteiger partial charge in [0.05, 0.1) is 6.10 Å². The molecule has 0 saturated heterocycles. The Morgan fingerprint density at radius 2 is 1.64 bits per heavy atom. The molecule has 0 aliphatic rings. The van der Waals surface area contributed by atoms with Crippen LogP contribution in [0.25, 0.3) is 0 Å². The van der Waals surface area contributed by atoms with Crippen LogP contribution in [0, 0.1) is 24.6 Å². The molecule has 0 spiro atoms. The topological polar surface area (TPSA) is 98.7 Å². The average Bonchev–Trinajstić information content (AvgIpc) is 2.66. The third-order valence-electron chi connectivity index (χ3n) is 3.83. The van der Waals surface area contributed by atoms with E-state index in [-0.39, 0.29) is 18.8 Å². The number of rotatable bonds is 4. The maximum absolute atomic E-state index is 13.5. The van der Waals surface area contributed by atoms with Crippen LogP contribution in [-0.4, -0.2) is 34.3 Å². The Morgan fingerprint density at radius 3 is 2.18 bits per heavy atom. The van der Waals surface area contributed by atoms with Crippen molar-refractivity contribution in [2.45, 2.75) is 33.4 Å². The molecule has 0 aliphatic heterocycles. The van der Waals surface area contributed by atoms with Crippen LogP contribution in [0.2, 0.25) is 0 Å². The Bertz CT molecular complexity index is 899. The molecular formula is C21H23FN2O4. The molecule has 2 amide bonds. The summed E-state index contributed by atoms with van der Waals surface area (Å²) in [6, 6.07) is 9.65. The highest BCUT2D eigenvalue weighted by molar-refractivity contribution is 5.97. The minimum atomic E-state index is -1.29. The van der Waals surface area contributed by atoms with Gasteiger partial charge in [-0.1, -0.05) is 25.3 Å². The third-order valence-corrected chi connectivity index (χ3v) is 3.83. The molecule has 2 aromatic carbocycles. The monoisotopic (exact) mass is 386 g/mol. The predicted octanol–water partition coefficient (Wildman–Crippen LogP) is 2.15. The zero-order valence-corrected chi connectivity index (χ0v) is 14.8. The van der Waals surface area contributed by atoms with Crippen LogP contribution in [-0.2, 0) is 4.79 Å². The third kappa shape index (κ3) is 5.91. The Hall–Kier alpha value is -3.21. The smallest absolute Gasteiger partial charge is 0.268 e. The fourth-order valence-electron chi connectivity index (χ4n) is 2.22. The summed E-state index contributed by atoms with van der Waals surface area (Å²) in [5, 5.41) is 20.5. The van der Waals surface area contributed by atoms with Crippen molar-refractivity contribution in [1.82, 2.24) is 10.8 Å². The van der Waals surface area contributed by atoms with Gasteiger partial charge in [-0.15, -0.1) is 0 Å². The molecule has 0 heterocycles. The second-order valence-electron chi connectivity index (χ2n) is 5.96. The van der Waals surface area contributed by atoms with E-state index in [2.05, 4.69) is 17.2 Å². The van der Waals surface area contributed by atoms with E-state index in [1.807, 2.05) is 0 Å². The predicted molar refractivity (Wildman–Crippen MR) is 103 cm³/mol. The van der Waals surface area contributed by atoms with Gasteiger partial charge in [0.2, 0.25) is 0 Å². The number of aliphatic hydroxyl groups excluding tert-OH is 1. The Balaban J connectivity index is 0.00000392. The number of aryl methyl sites for hydroxylation is 1. The van der Waals surface area contributed by atoms with Crippen molar-refractivity contribution in [2.75, 3.05) is 0 Å². The molecule has 2 rings (SSSR count). The van der Waals surface area contributed by atoms with Gasteiger partial charge < -0.3 is 10.4 Å². The molecule has 28 heavy (non-hydrogen) atoms. The van der Waals surface area contributed by atoms with Crippen molar-refractivity contribution in [1.29, 1.82) is 0 Å². The summed E-state index contributed by atoms with van der Waals surface area (Å²) >= 11 is 0. The molecule has 2 atom stereocenters. The summed E-state index contributed by atoms with van der Waals surface area (Å²) in [5.74, 6) is 3.87. The van der Waals surface area contributed by atoms with Gasteiger partial charge in [0.15, 0.2) is 0 Å². The quantitative estimate of drug-likeness (QED) is 0.368. The second kappa shape index (κ2) is 10.2. The summed E-state index contributed by atoms with van der Waals surface area (Å²) < 4.78 is 13.5. The van der Waals surface area contributed by atoms with Crippen LogP contribution in [0.3, 0.4) is 0 Å². The number of aliphatic hydroxyl groups is 1. The first-order valence-electron chi connectivity index (χ1n) is 8.13. The van der Waals surface area contributed by atoms with Gasteiger partial charge in [-0.05, 0) is 55.8 Å². The van der Waals surface area contributed by atoms with E-state index in [1.54, 1.807) is 31.2 Å². The molecular weight excluding hydrogens is 363 g/mol. The maximum atomic E-state index is 13.5. The number of carbonyl (C=O) groups excluding carboxylic acids is 2. The standard InChI is InChI=1S/C20H19FN2O4.CH4/c1-12-3-4-15(11-17(12)21)6-5-14-7-9-16(10-8-14)19(25)22-18(13(2)24)20(26)23-27;/h3-4,7-11,13,18,24,27H,1-2H3,(H,22,25)(H,23,26);1H4/t13-,18+;/m1./s1. The zero-order valence-electron chi connectivity index (χ0n) is 14.8. The SMILES string of the molecule is C.Cc1ccc(C#Cc2ccc(C(=O)N[C@H](C(=O)NO)[C@@H](C)O)cc2)cc1F. The number of hydrogen-bond acceptors (Lipinski definition) is 4. The van der Waals surface area contributed by atoms with Crippen molar-refractivity contribution in [3.05, 3.63) is 70.5 Å². The van der Waals surface area contributed by atoms with E-state index < -0.39 is 24.0 Å². The lowest BCUT2D eigenvalue weighted by Crippen LogP contribution is -2.51. The lowest BCUT2D eigenvalue weighted by Gasteiger charge is -2.19. The molecule has 0 unspecified atom stereocenters. The van der Waals surface area contributed by atoms with Gasteiger partial charge in [0, 0.05) is 16.7 Å². The van der Waals surface area contributed by atoms with Crippen LogP contribution in [0.4, 0.5) is 4.39 Å². The maximum Gasteiger partial charge on any atom is 0.268 e. The summed E-state index contributed by atoms with van der Waals surface area (Å²) in [4.78, 5) is 23.6. The minimum absolute atomic E-state index is 0. The van der Waals surface area contributed by atoms with E-state index in [0.717, 1.165) is 0 Å². The molecule has 0 aromatic heterocycles. The number of amides is 2. The van der Waals surface area contributed by atoms with Gasteiger partial charge in [0.25, 0.3) is 11.8 Å². The Morgan fingerprint density at radius 1 is 1.07 bits per heavy atom. The molecule has 0 aliphatic carbocycles. The van der Waals surface area contributed by atoms with Crippen molar-refractivity contribution in [3.63, 3.8) is 0 Å². The highest BCUT2D eigenvalue weighted by Gasteiger charge is 2.25. The Labute approximate surface area is 163 Å².